The number of hydrogen-bond donors (Lipinski definition) is 1. The molecule has 11 nitrogen and oxygen atoms in total. The van der Waals surface area contributed by atoms with Crippen LogP contribution in [0.15, 0.2) is 100 Å². The molecule has 1 saturated carbocycles. The maximum Gasteiger partial charge on any atom is 0.265 e. The maximum atomic E-state index is 15.0. The molecule has 13 heteroatoms. The van der Waals surface area contributed by atoms with E-state index in [4.69, 9.17) is 18.9 Å². The lowest BCUT2D eigenvalue weighted by molar-refractivity contribution is -0.140. The number of hydrogen-bond acceptors (Lipinski definition) is 8. The summed E-state index contributed by atoms with van der Waals surface area (Å²) in [6.07, 6.45) is 5.08. The van der Waals surface area contributed by atoms with E-state index in [1.54, 1.807) is 12.1 Å². The highest BCUT2D eigenvalue weighted by atomic mass is 79.9. The van der Waals surface area contributed by atoms with E-state index in [2.05, 4.69) is 21.2 Å². The molecule has 0 aromatic heterocycles. The van der Waals surface area contributed by atoms with E-state index in [-0.39, 0.29) is 47.0 Å². The zero-order chi connectivity index (χ0) is 38.0. The second-order valence-electron chi connectivity index (χ2n) is 12.8. The number of methoxy groups -OCH3 is 4. The zero-order valence-electron chi connectivity index (χ0n) is 30.4. The number of halogens is 1. The largest absolute Gasteiger partial charge is 0.497 e. The van der Waals surface area contributed by atoms with Crippen LogP contribution in [-0.2, 0) is 32.6 Å². The second kappa shape index (κ2) is 18.3. The molecule has 0 radical (unpaired) electrons. The molecular formula is C40H46BrN3O8S. The highest BCUT2D eigenvalue weighted by Crippen LogP contribution is 2.38. The van der Waals surface area contributed by atoms with Gasteiger partial charge < -0.3 is 29.2 Å². The molecule has 0 unspecified atom stereocenters. The molecule has 4 aromatic rings. The van der Waals surface area contributed by atoms with Crippen molar-refractivity contribution in [3.8, 4) is 23.0 Å². The van der Waals surface area contributed by atoms with Gasteiger partial charge in [0.2, 0.25) is 11.8 Å². The van der Waals surface area contributed by atoms with Gasteiger partial charge in [-0.3, -0.25) is 13.9 Å². The van der Waals surface area contributed by atoms with E-state index in [0.29, 0.717) is 11.5 Å². The van der Waals surface area contributed by atoms with E-state index in [1.807, 2.05) is 54.6 Å². The third-order valence-corrected chi connectivity index (χ3v) is 11.6. The highest BCUT2D eigenvalue weighted by Gasteiger charge is 2.37. The summed E-state index contributed by atoms with van der Waals surface area (Å²) in [7, 11) is 1.24. The van der Waals surface area contributed by atoms with E-state index in [0.717, 1.165) is 52.0 Å². The van der Waals surface area contributed by atoms with Crippen LogP contribution in [0.2, 0.25) is 0 Å². The van der Waals surface area contributed by atoms with Gasteiger partial charge in [0.15, 0.2) is 11.5 Å². The molecule has 0 saturated heterocycles. The summed E-state index contributed by atoms with van der Waals surface area (Å²) < 4.78 is 53.3. The second-order valence-corrected chi connectivity index (χ2v) is 15.5. The van der Waals surface area contributed by atoms with Crippen LogP contribution < -0.4 is 28.6 Å². The average molecular weight is 809 g/mol. The van der Waals surface area contributed by atoms with E-state index >= 15 is 0 Å². The van der Waals surface area contributed by atoms with Crippen molar-refractivity contribution in [2.45, 2.75) is 62.0 Å². The van der Waals surface area contributed by atoms with Gasteiger partial charge in [0.1, 0.15) is 24.1 Å². The first-order valence-corrected chi connectivity index (χ1v) is 19.7. The van der Waals surface area contributed by atoms with Crippen LogP contribution in [0.3, 0.4) is 0 Å². The van der Waals surface area contributed by atoms with Crippen molar-refractivity contribution in [1.82, 2.24) is 10.2 Å². The summed E-state index contributed by atoms with van der Waals surface area (Å²) in [5.41, 5.74) is 1.69. The number of nitrogens with zero attached hydrogens (tertiary/aromatic N) is 2. The monoisotopic (exact) mass is 807 g/mol. The molecule has 1 aliphatic carbocycles. The molecule has 1 atom stereocenters. The Morgan fingerprint density at radius 3 is 2.08 bits per heavy atom. The minimum absolute atomic E-state index is 0.0119. The third-order valence-electron chi connectivity index (χ3n) is 9.37. The van der Waals surface area contributed by atoms with E-state index < -0.39 is 28.5 Å². The first-order valence-electron chi connectivity index (χ1n) is 17.4. The van der Waals surface area contributed by atoms with Crippen LogP contribution in [0.4, 0.5) is 5.69 Å². The van der Waals surface area contributed by atoms with Crippen LogP contribution in [0, 0.1) is 0 Å². The van der Waals surface area contributed by atoms with Crippen molar-refractivity contribution in [2.75, 3.05) is 39.3 Å². The summed E-state index contributed by atoms with van der Waals surface area (Å²) >= 11 is 3.48. The Kier molecular flexibility index (Phi) is 13.6. The number of carbonyl (C=O) groups is 2. The van der Waals surface area contributed by atoms with Crippen LogP contribution >= 0.6 is 15.9 Å². The van der Waals surface area contributed by atoms with Gasteiger partial charge >= 0.3 is 0 Å². The molecule has 53 heavy (non-hydrogen) atoms. The minimum Gasteiger partial charge on any atom is -0.497 e. The van der Waals surface area contributed by atoms with Crippen LogP contribution in [0.5, 0.6) is 23.0 Å². The molecule has 1 N–H and O–H groups in total. The quantitative estimate of drug-likeness (QED) is 0.132. The molecule has 0 spiro atoms. The molecule has 282 valence electrons. The van der Waals surface area contributed by atoms with Gasteiger partial charge in [-0.2, -0.15) is 0 Å². The highest BCUT2D eigenvalue weighted by molar-refractivity contribution is 9.10. The summed E-state index contributed by atoms with van der Waals surface area (Å²) in [6, 6.07) is 24.9. The third kappa shape index (κ3) is 9.82. The summed E-state index contributed by atoms with van der Waals surface area (Å²) in [6.45, 7) is -0.625. The van der Waals surface area contributed by atoms with Gasteiger partial charge in [-0.15, -0.1) is 0 Å². The number of benzene rings is 4. The fourth-order valence-electron chi connectivity index (χ4n) is 6.49. The van der Waals surface area contributed by atoms with Gasteiger partial charge in [0, 0.05) is 35.6 Å². The Morgan fingerprint density at radius 1 is 0.774 bits per heavy atom. The number of carbonyl (C=O) groups excluding carboxylic acids is 2. The average Bonchev–Trinajstić information content (AvgIpc) is 3.18. The van der Waals surface area contributed by atoms with Crippen LogP contribution in [-0.4, -0.2) is 72.2 Å². The van der Waals surface area contributed by atoms with Crippen LogP contribution in [0.25, 0.3) is 0 Å². The molecule has 0 heterocycles. The fraction of sp³-hybridized carbons (Fsp3) is 0.350. The Balaban J connectivity index is 1.63. The lowest BCUT2D eigenvalue weighted by atomic mass is 9.94. The van der Waals surface area contributed by atoms with Gasteiger partial charge in [-0.05, 0) is 60.4 Å². The summed E-state index contributed by atoms with van der Waals surface area (Å²) in [5.74, 6) is 0.179. The van der Waals surface area contributed by atoms with Crippen molar-refractivity contribution in [1.29, 1.82) is 0 Å². The Morgan fingerprint density at radius 2 is 1.43 bits per heavy atom. The Bertz CT molecular complexity index is 1950. The van der Waals surface area contributed by atoms with Crippen molar-refractivity contribution in [3.63, 3.8) is 0 Å². The molecule has 1 fully saturated rings. The lowest BCUT2D eigenvalue weighted by Crippen LogP contribution is -2.55. The van der Waals surface area contributed by atoms with Crippen molar-refractivity contribution in [2.24, 2.45) is 0 Å². The normalized spacial score (nSPS) is 13.8. The summed E-state index contributed by atoms with van der Waals surface area (Å²) in [5, 5.41) is 3.23. The molecule has 0 bridgehead atoms. The number of amides is 2. The molecular weight excluding hydrogens is 762 g/mol. The predicted octanol–water partition coefficient (Wildman–Crippen LogP) is 6.77. The molecule has 0 aliphatic heterocycles. The van der Waals surface area contributed by atoms with E-state index in [9.17, 15) is 18.0 Å². The van der Waals surface area contributed by atoms with Crippen LogP contribution in [0.1, 0.15) is 43.2 Å². The number of anilines is 1. The van der Waals surface area contributed by atoms with Gasteiger partial charge in [-0.1, -0.05) is 77.7 Å². The fourth-order valence-corrected chi connectivity index (χ4v) is 8.19. The lowest BCUT2D eigenvalue weighted by Gasteiger charge is -2.35. The number of sulfonamides is 1. The Labute approximate surface area is 320 Å². The van der Waals surface area contributed by atoms with E-state index in [1.165, 1.54) is 57.6 Å². The van der Waals surface area contributed by atoms with Gasteiger partial charge in [0.25, 0.3) is 10.0 Å². The first kappa shape index (κ1) is 39.5. The number of ether oxygens (including phenoxy) is 4. The standard InChI is InChI=1S/C40H46BrN3O8S/c1-49-32-19-21-36(50-2)34(24-32)44(53(47,48)33-20-22-37(51-3)38(25-33)52-4)27-39(45)43(26-29-15-17-30(41)18-16-29)35(23-28-11-7-5-8-12-28)40(46)42-31-13-9-6-10-14-31/h5,7-8,11-12,15-22,24-25,31,35H,6,9-10,13-14,23,26-27H2,1-4H3,(H,42,46)/t35-/m1/s1. The van der Waals surface area contributed by atoms with Gasteiger partial charge in [-0.25, -0.2) is 8.42 Å². The zero-order valence-corrected chi connectivity index (χ0v) is 32.8. The maximum absolute atomic E-state index is 15.0. The summed E-state index contributed by atoms with van der Waals surface area (Å²) in [4.78, 5) is 30.7. The Hall–Kier alpha value is -4.75. The number of rotatable bonds is 16. The molecule has 4 aromatic carbocycles. The first-order chi connectivity index (χ1) is 25.6. The van der Waals surface area contributed by atoms with Gasteiger partial charge in [0.05, 0.1) is 39.0 Å². The topological polar surface area (TPSA) is 124 Å². The van der Waals surface area contributed by atoms with Crippen molar-refractivity contribution >= 4 is 43.5 Å². The van der Waals surface area contributed by atoms with Crippen molar-refractivity contribution < 1.29 is 37.0 Å². The SMILES string of the molecule is COc1ccc(OC)c(N(CC(=O)N(Cc2ccc(Br)cc2)[C@H](Cc2ccccc2)C(=O)NC2CCCCC2)S(=O)(=O)c2ccc(OC)c(OC)c2)c1. The van der Waals surface area contributed by atoms with Crippen molar-refractivity contribution in [3.05, 3.63) is 107 Å². The molecule has 2 amide bonds. The molecule has 5 rings (SSSR count). The minimum atomic E-state index is -4.50. The smallest absolute Gasteiger partial charge is 0.265 e. The predicted molar refractivity (Wildman–Crippen MR) is 207 cm³/mol. The molecule has 1 aliphatic rings. The number of nitrogens with one attached hydrogen (secondary N) is 1.